The lowest BCUT2D eigenvalue weighted by atomic mass is 10.4. The topological polar surface area (TPSA) is 44.5 Å². The maximum Gasteiger partial charge on any atom is 0.131 e. The van der Waals surface area contributed by atoms with Crippen molar-refractivity contribution in [2.75, 3.05) is 26.2 Å². The van der Waals surface area contributed by atoms with Crippen LogP contribution in [0.3, 0.4) is 0 Å². The molecule has 0 saturated carbocycles. The predicted molar refractivity (Wildman–Crippen MR) is 55.6 cm³/mol. The average molecular weight is 200 g/mol. The predicted octanol–water partition coefficient (Wildman–Crippen LogP) is -0.0410. The molecule has 0 bridgehead atoms. The summed E-state index contributed by atoms with van der Waals surface area (Å²) in [7, 11) is 0. The number of nitrogens with two attached hydrogens (primary N) is 1. The number of hydrazine groups is 1. The first-order chi connectivity index (χ1) is 6.36. The summed E-state index contributed by atoms with van der Waals surface area (Å²) in [5.41, 5.74) is 0.437. The first-order valence-corrected chi connectivity index (χ1v) is 5.61. The summed E-state index contributed by atoms with van der Waals surface area (Å²) in [6.45, 7) is 4.18. The zero-order chi connectivity index (χ0) is 9.10. The maximum atomic E-state index is 5.76. The third kappa shape index (κ3) is 2.37. The molecule has 2 rings (SSSR count). The molecule has 74 valence electrons. The van der Waals surface area contributed by atoms with E-state index in [4.69, 9.17) is 5.84 Å². The van der Waals surface area contributed by atoms with Crippen molar-refractivity contribution in [3.05, 3.63) is 11.6 Å². The Morgan fingerprint density at radius 3 is 3.00 bits per heavy atom. The number of rotatable bonds is 1. The van der Waals surface area contributed by atoms with E-state index in [0.29, 0.717) is 5.50 Å². The van der Waals surface area contributed by atoms with Crippen molar-refractivity contribution in [2.45, 2.75) is 11.9 Å². The average Bonchev–Trinajstić information content (AvgIpc) is 2.56. The van der Waals surface area contributed by atoms with Crippen molar-refractivity contribution in [2.24, 2.45) is 5.84 Å². The highest BCUT2D eigenvalue weighted by molar-refractivity contribution is 8.02. The van der Waals surface area contributed by atoms with Gasteiger partial charge in [-0.05, 0) is 11.8 Å². The summed E-state index contributed by atoms with van der Waals surface area (Å²) >= 11 is 1.83. The lowest BCUT2D eigenvalue weighted by Crippen LogP contribution is -2.42. The van der Waals surface area contributed by atoms with Crippen LogP contribution in [0.25, 0.3) is 0 Å². The summed E-state index contributed by atoms with van der Waals surface area (Å²) in [5.74, 6) is 5.76. The summed E-state index contributed by atoms with van der Waals surface area (Å²) < 4.78 is 0. The van der Waals surface area contributed by atoms with Gasteiger partial charge in [-0.3, -0.25) is 10.7 Å². The Labute approximate surface area is 83.1 Å². The second-order valence-corrected chi connectivity index (χ2v) is 4.37. The van der Waals surface area contributed by atoms with E-state index in [-0.39, 0.29) is 0 Å². The van der Waals surface area contributed by atoms with Gasteiger partial charge in [-0.1, -0.05) is 11.8 Å². The number of nitrogens with zero attached hydrogens (tertiary/aromatic N) is 2. The van der Waals surface area contributed by atoms with E-state index in [1.54, 1.807) is 0 Å². The van der Waals surface area contributed by atoms with Gasteiger partial charge in [-0.25, -0.2) is 5.01 Å². The Hall–Kier alpha value is -0.230. The zero-order valence-electron chi connectivity index (χ0n) is 7.65. The molecule has 1 unspecified atom stereocenters. The monoisotopic (exact) mass is 200 g/mol. The van der Waals surface area contributed by atoms with Crippen LogP contribution >= 0.6 is 11.8 Å². The minimum Gasteiger partial charge on any atom is -0.366 e. The van der Waals surface area contributed by atoms with Gasteiger partial charge in [-0.2, -0.15) is 0 Å². The largest absolute Gasteiger partial charge is 0.366 e. The minimum atomic E-state index is 0.437. The van der Waals surface area contributed by atoms with E-state index in [0.717, 1.165) is 32.6 Å². The smallest absolute Gasteiger partial charge is 0.131 e. The molecule has 0 aromatic heterocycles. The molecule has 1 fully saturated rings. The first-order valence-electron chi connectivity index (χ1n) is 4.66. The van der Waals surface area contributed by atoms with E-state index in [2.05, 4.69) is 15.6 Å². The highest BCUT2D eigenvalue weighted by Gasteiger charge is 2.21. The van der Waals surface area contributed by atoms with Crippen molar-refractivity contribution in [1.82, 2.24) is 15.2 Å². The highest BCUT2D eigenvalue weighted by Crippen LogP contribution is 2.20. The Morgan fingerprint density at radius 1 is 1.31 bits per heavy atom. The molecule has 0 radical (unpaired) electrons. The van der Waals surface area contributed by atoms with E-state index >= 15 is 0 Å². The maximum absolute atomic E-state index is 5.76. The molecule has 0 spiro atoms. The van der Waals surface area contributed by atoms with Crippen LogP contribution in [0, 0.1) is 0 Å². The second kappa shape index (κ2) is 4.32. The Bertz CT molecular complexity index is 189. The summed E-state index contributed by atoms with van der Waals surface area (Å²) in [6.07, 6.45) is 3.18. The Morgan fingerprint density at radius 2 is 2.23 bits per heavy atom. The molecular weight excluding hydrogens is 184 g/mol. The Balaban J connectivity index is 1.85. The van der Waals surface area contributed by atoms with Crippen LogP contribution in [0.1, 0.15) is 6.42 Å². The van der Waals surface area contributed by atoms with Crippen LogP contribution in [0.4, 0.5) is 0 Å². The van der Waals surface area contributed by atoms with Crippen molar-refractivity contribution < 1.29 is 0 Å². The first kappa shape index (κ1) is 9.33. The van der Waals surface area contributed by atoms with Gasteiger partial charge in [0.1, 0.15) is 5.50 Å². The molecule has 1 atom stereocenters. The molecule has 4 nitrogen and oxygen atoms in total. The summed E-state index contributed by atoms with van der Waals surface area (Å²) in [5, 5.41) is 7.33. The highest BCUT2D eigenvalue weighted by atomic mass is 32.2. The van der Waals surface area contributed by atoms with Crippen molar-refractivity contribution in [1.29, 1.82) is 0 Å². The summed E-state index contributed by atoms with van der Waals surface area (Å²) in [4.78, 5) is 2.44. The normalized spacial score (nSPS) is 31.6. The second-order valence-electron chi connectivity index (χ2n) is 3.38. The molecule has 0 amide bonds. The fourth-order valence-corrected chi connectivity index (χ4v) is 2.50. The number of nitrogens with one attached hydrogen (secondary N) is 1. The van der Waals surface area contributed by atoms with Gasteiger partial charge in [-0.15, -0.1) is 0 Å². The van der Waals surface area contributed by atoms with Gasteiger partial charge < -0.3 is 5.32 Å². The summed E-state index contributed by atoms with van der Waals surface area (Å²) in [6, 6.07) is 0. The minimum absolute atomic E-state index is 0.437. The molecule has 2 heterocycles. The van der Waals surface area contributed by atoms with Gasteiger partial charge in [0.2, 0.25) is 0 Å². The fourth-order valence-electron chi connectivity index (χ4n) is 1.66. The van der Waals surface area contributed by atoms with Crippen LogP contribution in [-0.4, -0.2) is 41.6 Å². The molecule has 2 aliphatic rings. The van der Waals surface area contributed by atoms with Crippen LogP contribution in [0.2, 0.25) is 0 Å². The lowest BCUT2D eigenvalue weighted by Gasteiger charge is -2.26. The third-order valence-corrected chi connectivity index (χ3v) is 3.40. The zero-order valence-corrected chi connectivity index (χ0v) is 8.46. The van der Waals surface area contributed by atoms with Gasteiger partial charge in [0, 0.05) is 32.4 Å². The van der Waals surface area contributed by atoms with Gasteiger partial charge in [0.05, 0.1) is 0 Å². The van der Waals surface area contributed by atoms with E-state index in [9.17, 15) is 0 Å². The molecule has 0 aromatic carbocycles. The quantitative estimate of drug-likeness (QED) is 0.582. The van der Waals surface area contributed by atoms with Gasteiger partial charge in [0.25, 0.3) is 0 Å². The van der Waals surface area contributed by atoms with E-state index in [1.807, 2.05) is 23.0 Å². The van der Waals surface area contributed by atoms with E-state index < -0.39 is 0 Å². The fraction of sp³-hybridized carbons (Fsp3) is 0.750. The molecule has 5 heteroatoms. The molecule has 2 aliphatic heterocycles. The van der Waals surface area contributed by atoms with E-state index in [1.165, 1.54) is 0 Å². The Kier molecular flexibility index (Phi) is 3.10. The van der Waals surface area contributed by atoms with Crippen molar-refractivity contribution in [3.8, 4) is 0 Å². The van der Waals surface area contributed by atoms with Crippen LogP contribution in [0.15, 0.2) is 11.6 Å². The molecule has 1 saturated heterocycles. The molecule has 0 aromatic rings. The SMILES string of the molecule is NN1CCCN(C2NC=CS2)CC1. The number of hydrogen-bond acceptors (Lipinski definition) is 5. The molecule has 3 N–H and O–H groups in total. The van der Waals surface area contributed by atoms with Crippen LogP contribution < -0.4 is 11.2 Å². The van der Waals surface area contributed by atoms with Crippen LogP contribution in [0.5, 0.6) is 0 Å². The lowest BCUT2D eigenvalue weighted by molar-refractivity contribution is 0.239. The number of thioether (sulfide) groups is 1. The third-order valence-electron chi connectivity index (χ3n) is 2.41. The van der Waals surface area contributed by atoms with Gasteiger partial charge >= 0.3 is 0 Å². The molecular formula is C8H16N4S. The number of hydrogen-bond donors (Lipinski definition) is 2. The van der Waals surface area contributed by atoms with Crippen molar-refractivity contribution >= 4 is 11.8 Å². The standard InChI is InChI=1S/C8H16N4S/c9-12-4-1-3-11(5-6-12)8-10-2-7-13-8/h2,7-8,10H,1,3-6,9H2. The molecule has 13 heavy (non-hydrogen) atoms. The van der Waals surface area contributed by atoms with Gasteiger partial charge in [0.15, 0.2) is 0 Å². The molecule has 0 aliphatic carbocycles. The van der Waals surface area contributed by atoms with Crippen LogP contribution in [-0.2, 0) is 0 Å². The van der Waals surface area contributed by atoms with Crippen molar-refractivity contribution in [3.63, 3.8) is 0 Å².